The molecular weight excluding hydrogens is 446 g/mol. The quantitative estimate of drug-likeness (QED) is 0.537. The molecule has 2 amide bonds. The zero-order chi connectivity index (χ0) is 20.4. The number of nitrogens with zero attached hydrogens (tertiary/aromatic N) is 1. The average molecular weight is 465 g/mol. The van der Waals surface area contributed by atoms with Gasteiger partial charge >= 0.3 is 0 Å². The lowest BCUT2D eigenvalue weighted by atomic mass is 10.2. The zero-order valence-corrected chi connectivity index (χ0v) is 17.3. The lowest BCUT2D eigenvalue weighted by Gasteiger charge is -2.09. The summed E-state index contributed by atoms with van der Waals surface area (Å²) >= 11 is 9.40. The molecule has 0 radical (unpaired) electrons. The van der Waals surface area contributed by atoms with Crippen LogP contribution < -0.4 is 15.4 Å². The van der Waals surface area contributed by atoms with Gasteiger partial charge in [0.15, 0.2) is 0 Å². The SMILES string of the molecule is N#CCC(=O)Nc1cccc(CNC(=O)CCCOc2ccc(Br)cc2Cl)c1. The van der Waals surface area contributed by atoms with Gasteiger partial charge in [-0.25, -0.2) is 0 Å². The van der Waals surface area contributed by atoms with Crippen LogP contribution in [0.25, 0.3) is 0 Å². The summed E-state index contributed by atoms with van der Waals surface area (Å²) in [7, 11) is 0. The minimum Gasteiger partial charge on any atom is -0.492 e. The van der Waals surface area contributed by atoms with E-state index < -0.39 is 0 Å². The molecule has 146 valence electrons. The molecule has 2 aromatic carbocycles. The van der Waals surface area contributed by atoms with E-state index in [0.29, 0.717) is 42.5 Å². The summed E-state index contributed by atoms with van der Waals surface area (Å²) in [6.07, 6.45) is 0.684. The van der Waals surface area contributed by atoms with Crippen molar-refractivity contribution in [3.8, 4) is 11.8 Å². The predicted octanol–water partition coefficient (Wildman–Crippen LogP) is 4.43. The van der Waals surface area contributed by atoms with Crippen LogP contribution in [0.5, 0.6) is 5.75 Å². The van der Waals surface area contributed by atoms with Crippen LogP contribution in [-0.2, 0) is 16.1 Å². The summed E-state index contributed by atoms with van der Waals surface area (Å²) < 4.78 is 6.45. The monoisotopic (exact) mass is 463 g/mol. The molecule has 0 aliphatic rings. The molecule has 0 atom stereocenters. The number of hydrogen-bond acceptors (Lipinski definition) is 4. The van der Waals surface area contributed by atoms with Gasteiger partial charge in [0.25, 0.3) is 0 Å². The Morgan fingerprint density at radius 3 is 2.75 bits per heavy atom. The standard InChI is InChI=1S/C20H19BrClN3O3/c21-15-6-7-18(17(22)12-15)28-10-2-5-19(26)24-13-14-3-1-4-16(11-14)25-20(27)8-9-23/h1,3-4,6-7,11-12H,2,5,8,10,13H2,(H,24,26)(H,25,27). The highest BCUT2D eigenvalue weighted by Gasteiger charge is 2.06. The Morgan fingerprint density at radius 2 is 2.00 bits per heavy atom. The third-order valence-corrected chi connectivity index (χ3v) is 4.43. The smallest absolute Gasteiger partial charge is 0.238 e. The Balaban J connectivity index is 1.71. The van der Waals surface area contributed by atoms with Crippen molar-refractivity contribution in [3.05, 3.63) is 57.5 Å². The first-order valence-electron chi connectivity index (χ1n) is 8.58. The van der Waals surface area contributed by atoms with E-state index >= 15 is 0 Å². The van der Waals surface area contributed by atoms with Crippen molar-refractivity contribution in [1.82, 2.24) is 5.32 Å². The van der Waals surface area contributed by atoms with Gasteiger partial charge in [-0.05, 0) is 42.3 Å². The Morgan fingerprint density at radius 1 is 1.18 bits per heavy atom. The number of rotatable bonds is 9. The van der Waals surface area contributed by atoms with E-state index in [4.69, 9.17) is 21.6 Å². The molecule has 2 rings (SSSR count). The highest BCUT2D eigenvalue weighted by Crippen LogP contribution is 2.27. The van der Waals surface area contributed by atoms with Crippen LogP contribution >= 0.6 is 27.5 Å². The first-order chi connectivity index (χ1) is 13.5. The van der Waals surface area contributed by atoms with Gasteiger partial charge in [-0.2, -0.15) is 5.26 Å². The Labute approximate surface area is 177 Å². The van der Waals surface area contributed by atoms with Gasteiger partial charge in [-0.1, -0.05) is 39.7 Å². The minimum atomic E-state index is -0.366. The summed E-state index contributed by atoms with van der Waals surface area (Å²) in [5, 5.41) is 14.5. The maximum atomic E-state index is 12.0. The molecule has 0 unspecified atom stereocenters. The molecule has 6 nitrogen and oxygen atoms in total. The first kappa shape index (κ1) is 21.7. The third kappa shape index (κ3) is 7.59. The second-order valence-electron chi connectivity index (χ2n) is 5.89. The van der Waals surface area contributed by atoms with E-state index in [9.17, 15) is 9.59 Å². The van der Waals surface area contributed by atoms with Gasteiger partial charge < -0.3 is 15.4 Å². The molecule has 0 aromatic heterocycles. The van der Waals surface area contributed by atoms with E-state index in [2.05, 4.69) is 26.6 Å². The lowest BCUT2D eigenvalue weighted by Crippen LogP contribution is -2.23. The number of nitriles is 1. The lowest BCUT2D eigenvalue weighted by molar-refractivity contribution is -0.121. The number of halogens is 2. The fourth-order valence-electron chi connectivity index (χ4n) is 2.33. The number of ether oxygens (including phenoxy) is 1. The maximum Gasteiger partial charge on any atom is 0.238 e. The zero-order valence-electron chi connectivity index (χ0n) is 15.0. The fourth-order valence-corrected chi connectivity index (χ4v) is 3.06. The topological polar surface area (TPSA) is 91.2 Å². The Kier molecular flexibility index (Phi) is 8.79. The van der Waals surface area contributed by atoms with Crippen LogP contribution in [0.2, 0.25) is 5.02 Å². The summed E-state index contributed by atoms with van der Waals surface area (Å²) in [6.45, 7) is 0.732. The van der Waals surface area contributed by atoms with Crippen LogP contribution in [0.4, 0.5) is 5.69 Å². The second kappa shape index (κ2) is 11.3. The second-order valence-corrected chi connectivity index (χ2v) is 7.21. The van der Waals surface area contributed by atoms with Gasteiger partial charge in [-0.15, -0.1) is 0 Å². The van der Waals surface area contributed by atoms with Gasteiger partial charge in [-0.3, -0.25) is 9.59 Å². The molecule has 0 aliphatic carbocycles. The van der Waals surface area contributed by atoms with E-state index in [1.165, 1.54) is 0 Å². The largest absolute Gasteiger partial charge is 0.492 e. The molecule has 0 saturated carbocycles. The van der Waals surface area contributed by atoms with Gasteiger partial charge in [0, 0.05) is 23.1 Å². The molecule has 2 aromatic rings. The summed E-state index contributed by atoms with van der Waals surface area (Å²) in [5.41, 5.74) is 1.44. The predicted molar refractivity (Wildman–Crippen MR) is 111 cm³/mol. The van der Waals surface area contributed by atoms with Gasteiger partial charge in [0.05, 0.1) is 17.7 Å². The fraction of sp³-hybridized carbons (Fsp3) is 0.250. The number of hydrogen-bond donors (Lipinski definition) is 2. The molecule has 0 bridgehead atoms. The number of anilines is 1. The van der Waals surface area contributed by atoms with Crippen LogP contribution in [0.3, 0.4) is 0 Å². The van der Waals surface area contributed by atoms with Gasteiger partial charge in [0.2, 0.25) is 11.8 Å². The van der Waals surface area contributed by atoms with Crippen LogP contribution in [0, 0.1) is 11.3 Å². The Hall–Kier alpha value is -2.56. The van der Waals surface area contributed by atoms with Crippen molar-refractivity contribution in [3.63, 3.8) is 0 Å². The molecule has 0 heterocycles. The molecular formula is C20H19BrClN3O3. The van der Waals surface area contributed by atoms with Crippen molar-refractivity contribution in [2.45, 2.75) is 25.8 Å². The minimum absolute atomic E-state index is 0.0931. The van der Waals surface area contributed by atoms with E-state index in [-0.39, 0.29) is 18.2 Å². The normalized spacial score (nSPS) is 10.0. The van der Waals surface area contributed by atoms with Crippen molar-refractivity contribution in [2.24, 2.45) is 0 Å². The average Bonchev–Trinajstić information content (AvgIpc) is 2.65. The maximum absolute atomic E-state index is 12.0. The van der Waals surface area contributed by atoms with Crippen LogP contribution in [0.15, 0.2) is 46.9 Å². The number of carbonyl (C=O) groups excluding carboxylic acids is 2. The van der Waals surface area contributed by atoms with Crippen LogP contribution in [0.1, 0.15) is 24.8 Å². The van der Waals surface area contributed by atoms with Crippen molar-refractivity contribution in [2.75, 3.05) is 11.9 Å². The molecule has 2 N–H and O–H groups in total. The summed E-state index contributed by atoms with van der Waals surface area (Å²) in [4.78, 5) is 23.4. The number of nitrogens with one attached hydrogen (secondary N) is 2. The van der Waals surface area contributed by atoms with Crippen LogP contribution in [-0.4, -0.2) is 18.4 Å². The summed E-state index contributed by atoms with van der Waals surface area (Å²) in [6, 6.07) is 14.3. The molecule has 0 saturated heterocycles. The number of benzene rings is 2. The number of amides is 2. The van der Waals surface area contributed by atoms with E-state index in [0.717, 1.165) is 10.0 Å². The van der Waals surface area contributed by atoms with E-state index in [1.54, 1.807) is 36.4 Å². The molecule has 0 fully saturated rings. The summed E-state index contributed by atoms with van der Waals surface area (Å²) in [5.74, 6) is 0.125. The first-order valence-corrected chi connectivity index (χ1v) is 9.75. The van der Waals surface area contributed by atoms with Gasteiger partial charge in [0.1, 0.15) is 12.2 Å². The molecule has 8 heteroatoms. The number of carbonyl (C=O) groups is 2. The highest BCUT2D eigenvalue weighted by atomic mass is 79.9. The molecule has 0 aliphatic heterocycles. The third-order valence-electron chi connectivity index (χ3n) is 3.64. The van der Waals surface area contributed by atoms with Crippen molar-refractivity contribution < 1.29 is 14.3 Å². The van der Waals surface area contributed by atoms with Crippen molar-refractivity contribution >= 4 is 45.0 Å². The molecule has 0 spiro atoms. The highest BCUT2D eigenvalue weighted by molar-refractivity contribution is 9.10. The molecule has 28 heavy (non-hydrogen) atoms. The Bertz CT molecular complexity index is 883. The van der Waals surface area contributed by atoms with Crippen molar-refractivity contribution in [1.29, 1.82) is 5.26 Å². The van der Waals surface area contributed by atoms with E-state index in [1.807, 2.05) is 12.1 Å².